The molecule has 0 fully saturated rings. The van der Waals surface area contributed by atoms with E-state index in [1.807, 2.05) is 4.52 Å². The Bertz CT molecular complexity index is 856. The van der Waals surface area contributed by atoms with Gasteiger partial charge in [-0.1, -0.05) is 13.8 Å². The fourth-order valence-electron chi connectivity index (χ4n) is 3.36. The second kappa shape index (κ2) is 6.11. The highest BCUT2D eigenvalue weighted by atomic mass is 79.9. The predicted molar refractivity (Wildman–Crippen MR) is 98.0 cm³/mol. The van der Waals surface area contributed by atoms with Crippen molar-refractivity contribution in [3.05, 3.63) is 39.3 Å². The molecule has 3 aromatic heterocycles. The number of nitrogens with one attached hydrogen (secondary N) is 1. The smallest absolute Gasteiger partial charge is 0.158 e. The summed E-state index contributed by atoms with van der Waals surface area (Å²) in [4.78, 5) is 8.25. The second-order valence-electron chi connectivity index (χ2n) is 6.21. The van der Waals surface area contributed by atoms with E-state index in [0.29, 0.717) is 5.92 Å². The van der Waals surface area contributed by atoms with E-state index in [2.05, 4.69) is 67.7 Å². The predicted octanol–water partition coefficient (Wildman–Crippen LogP) is 5.32. The molecule has 0 bridgehead atoms. The molecule has 0 unspecified atom stereocenters. The Morgan fingerprint density at radius 1 is 1.17 bits per heavy atom. The Labute approximate surface area is 145 Å². The van der Waals surface area contributed by atoms with Gasteiger partial charge in [0.25, 0.3) is 0 Å². The Morgan fingerprint density at radius 3 is 2.43 bits per heavy atom. The first kappa shape index (κ1) is 16.2. The Balaban J connectivity index is 2.33. The molecule has 0 radical (unpaired) electrons. The minimum absolute atomic E-state index is 0.519. The maximum absolute atomic E-state index is 4.86. The van der Waals surface area contributed by atoms with Gasteiger partial charge in [0.1, 0.15) is 5.69 Å². The molecule has 0 saturated heterocycles. The van der Waals surface area contributed by atoms with Crippen LogP contribution in [0.4, 0.5) is 0 Å². The first-order chi connectivity index (χ1) is 11.0. The van der Waals surface area contributed by atoms with Gasteiger partial charge in [-0.2, -0.15) is 5.10 Å². The van der Waals surface area contributed by atoms with Crippen LogP contribution in [0.5, 0.6) is 0 Å². The fraction of sp³-hybridized carbons (Fsp3) is 0.444. The zero-order valence-electron chi connectivity index (χ0n) is 14.4. The maximum Gasteiger partial charge on any atom is 0.158 e. The van der Waals surface area contributed by atoms with Gasteiger partial charge in [0, 0.05) is 5.56 Å². The molecule has 122 valence electrons. The normalized spacial score (nSPS) is 11.8. The summed E-state index contributed by atoms with van der Waals surface area (Å²) in [5.41, 5.74) is 7.65. The lowest BCUT2D eigenvalue weighted by atomic mass is 9.95. The number of hydrogen-bond donors (Lipinski definition) is 1. The van der Waals surface area contributed by atoms with Crippen molar-refractivity contribution in [2.24, 2.45) is 0 Å². The van der Waals surface area contributed by atoms with Crippen LogP contribution in [0.1, 0.15) is 55.1 Å². The summed E-state index contributed by atoms with van der Waals surface area (Å²) in [7, 11) is 0. The third kappa shape index (κ3) is 2.71. The minimum atomic E-state index is 0.519. The number of imidazole rings is 1. The van der Waals surface area contributed by atoms with Crippen molar-refractivity contribution in [2.75, 3.05) is 0 Å². The summed E-state index contributed by atoms with van der Waals surface area (Å²) >= 11 is 3.53. The van der Waals surface area contributed by atoms with Gasteiger partial charge >= 0.3 is 0 Å². The molecule has 0 aliphatic rings. The molecule has 23 heavy (non-hydrogen) atoms. The molecule has 0 aliphatic carbocycles. The molecular weight excluding hydrogens is 352 g/mol. The molecule has 3 rings (SSSR count). The summed E-state index contributed by atoms with van der Waals surface area (Å²) in [5.74, 6) is 0.519. The van der Waals surface area contributed by atoms with E-state index in [0.717, 1.165) is 45.9 Å². The molecule has 0 spiro atoms. The van der Waals surface area contributed by atoms with Crippen LogP contribution in [0.15, 0.2) is 16.7 Å². The monoisotopic (exact) mass is 374 g/mol. The van der Waals surface area contributed by atoms with Gasteiger partial charge in [-0.25, -0.2) is 9.50 Å². The number of rotatable bonds is 4. The Hall–Kier alpha value is -1.62. The summed E-state index contributed by atoms with van der Waals surface area (Å²) < 4.78 is 3.00. The van der Waals surface area contributed by atoms with Crippen molar-refractivity contribution in [1.29, 1.82) is 0 Å². The summed E-state index contributed by atoms with van der Waals surface area (Å²) in [6.45, 7) is 10.7. The largest absolute Gasteiger partial charge is 0.348 e. The van der Waals surface area contributed by atoms with E-state index in [4.69, 9.17) is 10.1 Å². The number of aryl methyl sites for hydroxylation is 3. The number of fused-ring (bicyclic) bond motifs is 1. The molecule has 4 nitrogen and oxygen atoms in total. The van der Waals surface area contributed by atoms with Gasteiger partial charge in [0.2, 0.25) is 0 Å². The quantitative estimate of drug-likeness (QED) is 0.671. The van der Waals surface area contributed by atoms with Crippen molar-refractivity contribution < 1.29 is 0 Å². The van der Waals surface area contributed by atoms with Crippen LogP contribution in [-0.4, -0.2) is 19.6 Å². The average molecular weight is 375 g/mol. The molecule has 0 saturated carbocycles. The molecule has 0 amide bonds. The minimum Gasteiger partial charge on any atom is -0.348 e. The summed E-state index contributed by atoms with van der Waals surface area (Å²) in [6.07, 6.45) is 2.23. The number of nitrogens with zero attached hydrogens (tertiary/aromatic N) is 3. The second-order valence-corrected chi connectivity index (χ2v) is 7.07. The highest BCUT2D eigenvalue weighted by molar-refractivity contribution is 9.10. The van der Waals surface area contributed by atoms with Crippen molar-refractivity contribution >= 4 is 21.6 Å². The average Bonchev–Trinajstić information content (AvgIpc) is 2.98. The molecule has 3 heterocycles. The standard InChI is InChI=1S/C18H23BrN4/c1-6-13(7-2)14-9-11(4)22-23-17(12(5)20-18(14)23)16-10(3)8-15(19)21-16/h8-9,13,21H,6-7H2,1-5H3. The molecule has 1 N–H and O–H groups in total. The molecular formula is C18H23BrN4. The highest BCUT2D eigenvalue weighted by Crippen LogP contribution is 2.33. The third-order valence-corrected chi connectivity index (χ3v) is 4.98. The molecule has 0 atom stereocenters. The molecule has 0 aliphatic heterocycles. The maximum atomic E-state index is 4.86. The number of aromatic amines is 1. The van der Waals surface area contributed by atoms with E-state index in [-0.39, 0.29) is 0 Å². The van der Waals surface area contributed by atoms with Crippen LogP contribution in [0.3, 0.4) is 0 Å². The van der Waals surface area contributed by atoms with E-state index in [1.165, 1.54) is 11.1 Å². The van der Waals surface area contributed by atoms with Crippen molar-refractivity contribution in [3.63, 3.8) is 0 Å². The molecule has 3 aromatic rings. The Kier molecular flexibility index (Phi) is 4.32. The fourth-order valence-corrected chi connectivity index (χ4v) is 3.90. The van der Waals surface area contributed by atoms with Crippen LogP contribution >= 0.6 is 15.9 Å². The van der Waals surface area contributed by atoms with Gasteiger partial charge in [0.05, 0.1) is 21.7 Å². The molecule has 5 heteroatoms. The van der Waals surface area contributed by atoms with E-state index >= 15 is 0 Å². The zero-order valence-corrected chi connectivity index (χ0v) is 16.0. The number of hydrogen-bond acceptors (Lipinski definition) is 2. The summed E-state index contributed by atoms with van der Waals surface area (Å²) in [6, 6.07) is 4.28. The van der Waals surface area contributed by atoms with Crippen LogP contribution in [-0.2, 0) is 0 Å². The van der Waals surface area contributed by atoms with Crippen LogP contribution < -0.4 is 0 Å². The number of aromatic nitrogens is 4. The van der Waals surface area contributed by atoms with Crippen molar-refractivity contribution in [1.82, 2.24) is 19.6 Å². The number of halogens is 1. The lowest BCUT2D eigenvalue weighted by Crippen LogP contribution is -2.05. The Morgan fingerprint density at radius 2 is 1.87 bits per heavy atom. The lowest BCUT2D eigenvalue weighted by Gasteiger charge is -2.14. The van der Waals surface area contributed by atoms with Crippen LogP contribution in [0.25, 0.3) is 17.0 Å². The van der Waals surface area contributed by atoms with E-state index < -0.39 is 0 Å². The van der Waals surface area contributed by atoms with Crippen LogP contribution in [0, 0.1) is 20.8 Å². The topological polar surface area (TPSA) is 46.0 Å². The SMILES string of the molecule is CCC(CC)c1cc(C)nn2c(-c3[nH]c(Br)cc3C)c(C)nc12. The van der Waals surface area contributed by atoms with Gasteiger partial charge in [-0.3, -0.25) is 0 Å². The van der Waals surface area contributed by atoms with Crippen LogP contribution in [0.2, 0.25) is 0 Å². The van der Waals surface area contributed by atoms with Crippen molar-refractivity contribution in [2.45, 2.75) is 53.4 Å². The first-order valence-electron chi connectivity index (χ1n) is 8.18. The first-order valence-corrected chi connectivity index (χ1v) is 8.97. The highest BCUT2D eigenvalue weighted by Gasteiger charge is 2.21. The third-order valence-electron chi connectivity index (χ3n) is 4.55. The van der Waals surface area contributed by atoms with Gasteiger partial charge in [0.15, 0.2) is 5.65 Å². The van der Waals surface area contributed by atoms with E-state index in [9.17, 15) is 0 Å². The zero-order chi connectivity index (χ0) is 16.7. The summed E-state index contributed by atoms with van der Waals surface area (Å²) in [5, 5.41) is 4.75. The van der Waals surface area contributed by atoms with Gasteiger partial charge in [-0.05, 0) is 73.2 Å². The van der Waals surface area contributed by atoms with E-state index in [1.54, 1.807) is 0 Å². The van der Waals surface area contributed by atoms with Gasteiger partial charge < -0.3 is 4.98 Å². The van der Waals surface area contributed by atoms with Gasteiger partial charge in [-0.15, -0.1) is 0 Å². The lowest BCUT2D eigenvalue weighted by molar-refractivity contribution is 0.638. The van der Waals surface area contributed by atoms with Crippen molar-refractivity contribution in [3.8, 4) is 11.4 Å². The number of H-pyrrole nitrogens is 1. The molecule has 0 aromatic carbocycles.